The largest absolute Gasteiger partial charge is 0.445 e. The third-order valence-electron chi connectivity index (χ3n) is 3.41. The third-order valence-corrected chi connectivity index (χ3v) is 3.41. The van der Waals surface area contributed by atoms with Crippen molar-refractivity contribution >= 4 is 12.0 Å². The van der Waals surface area contributed by atoms with Gasteiger partial charge in [0.2, 0.25) is 0 Å². The molecule has 1 aromatic rings. The van der Waals surface area contributed by atoms with Crippen molar-refractivity contribution in [3.63, 3.8) is 0 Å². The lowest BCUT2D eigenvalue weighted by Crippen LogP contribution is -2.52. The Morgan fingerprint density at radius 3 is 2.29 bits per heavy atom. The van der Waals surface area contributed by atoms with Gasteiger partial charge in [0, 0.05) is 26.2 Å². The summed E-state index contributed by atoms with van der Waals surface area (Å²) in [6.45, 7) is 3.38. The van der Waals surface area contributed by atoms with Crippen LogP contribution < -0.4 is 0 Å². The summed E-state index contributed by atoms with van der Waals surface area (Å²) < 4.78 is 5.24. The van der Waals surface area contributed by atoms with Gasteiger partial charge in [-0.05, 0) is 12.5 Å². The molecule has 1 fully saturated rings. The average molecular weight is 292 g/mol. The van der Waals surface area contributed by atoms with Gasteiger partial charge in [-0.3, -0.25) is 4.79 Å². The number of piperazine rings is 1. The van der Waals surface area contributed by atoms with E-state index in [-0.39, 0.29) is 18.6 Å². The highest BCUT2D eigenvalue weighted by Crippen LogP contribution is 2.08. The molecule has 0 radical (unpaired) electrons. The van der Waals surface area contributed by atoms with Crippen molar-refractivity contribution < 1.29 is 19.4 Å². The summed E-state index contributed by atoms with van der Waals surface area (Å²) >= 11 is 0. The minimum Gasteiger partial charge on any atom is -0.445 e. The predicted molar refractivity (Wildman–Crippen MR) is 76.5 cm³/mol. The molecule has 1 aromatic carbocycles. The van der Waals surface area contributed by atoms with Crippen LogP contribution in [0.25, 0.3) is 0 Å². The van der Waals surface area contributed by atoms with Crippen molar-refractivity contribution in [2.75, 3.05) is 26.2 Å². The van der Waals surface area contributed by atoms with Gasteiger partial charge in [-0.15, -0.1) is 0 Å². The lowest BCUT2D eigenvalue weighted by atomic mass is 10.2. The second-order valence-electron chi connectivity index (χ2n) is 5.03. The standard InChI is InChI=1S/C15H20N2O4/c1-12(18)14(19)16-7-9-17(10-8-16)15(20)21-11-13-5-3-2-4-6-13/h2-6,12,18H,7-11H2,1H3. The Morgan fingerprint density at radius 2 is 1.71 bits per heavy atom. The Labute approximate surface area is 123 Å². The predicted octanol–water partition coefficient (Wildman–Crippen LogP) is 0.848. The van der Waals surface area contributed by atoms with E-state index in [0.717, 1.165) is 5.56 Å². The molecule has 0 aromatic heterocycles. The van der Waals surface area contributed by atoms with Crippen molar-refractivity contribution in [3.8, 4) is 0 Å². The number of hydrogen-bond donors (Lipinski definition) is 1. The number of nitrogens with zero attached hydrogens (tertiary/aromatic N) is 2. The van der Waals surface area contributed by atoms with Crippen molar-refractivity contribution in [2.24, 2.45) is 0 Å². The first kappa shape index (κ1) is 15.3. The van der Waals surface area contributed by atoms with Crippen LogP contribution in [-0.2, 0) is 16.1 Å². The van der Waals surface area contributed by atoms with E-state index in [4.69, 9.17) is 4.74 Å². The first-order valence-corrected chi connectivity index (χ1v) is 7.00. The van der Waals surface area contributed by atoms with E-state index in [0.29, 0.717) is 26.2 Å². The number of amides is 2. The zero-order valence-electron chi connectivity index (χ0n) is 12.1. The maximum Gasteiger partial charge on any atom is 0.410 e. The van der Waals surface area contributed by atoms with E-state index in [1.807, 2.05) is 30.3 Å². The van der Waals surface area contributed by atoms with Gasteiger partial charge in [0.15, 0.2) is 0 Å². The topological polar surface area (TPSA) is 70.1 Å². The summed E-state index contributed by atoms with van der Waals surface area (Å²) in [5.74, 6) is -0.299. The third kappa shape index (κ3) is 4.19. The second-order valence-corrected chi connectivity index (χ2v) is 5.03. The lowest BCUT2D eigenvalue weighted by molar-refractivity contribution is -0.140. The normalized spacial score (nSPS) is 16.5. The molecular weight excluding hydrogens is 272 g/mol. The Bertz CT molecular complexity index is 482. The van der Waals surface area contributed by atoms with Crippen LogP contribution in [-0.4, -0.2) is 59.2 Å². The van der Waals surface area contributed by atoms with E-state index in [9.17, 15) is 14.7 Å². The maximum atomic E-state index is 11.9. The molecule has 21 heavy (non-hydrogen) atoms. The van der Waals surface area contributed by atoms with Gasteiger partial charge in [-0.1, -0.05) is 30.3 Å². The van der Waals surface area contributed by atoms with E-state index in [2.05, 4.69) is 0 Å². The number of hydrogen-bond acceptors (Lipinski definition) is 4. The molecule has 1 heterocycles. The molecule has 2 rings (SSSR count). The average Bonchev–Trinajstić information content (AvgIpc) is 2.53. The minimum atomic E-state index is -0.999. The molecule has 0 saturated carbocycles. The first-order valence-electron chi connectivity index (χ1n) is 7.00. The quantitative estimate of drug-likeness (QED) is 0.896. The highest BCUT2D eigenvalue weighted by atomic mass is 16.6. The molecule has 1 unspecified atom stereocenters. The van der Waals surface area contributed by atoms with Crippen LogP contribution in [0.2, 0.25) is 0 Å². The Kier molecular flexibility index (Phi) is 5.16. The number of benzene rings is 1. The summed E-state index contributed by atoms with van der Waals surface area (Å²) in [6.07, 6.45) is -1.37. The van der Waals surface area contributed by atoms with Gasteiger partial charge in [-0.25, -0.2) is 4.79 Å². The van der Waals surface area contributed by atoms with Gasteiger partial charge in [0.25, 0.3) is 5.91 Å². The number of aliphatic hydroxyl groups excluding tert-OH is 1. The number of rotatable bonds is 3. The van der Waals surface area contributed by atoms with E-state index in [1.54, 1.807) is 9.80 Å². The van der Waals surface area contributed by atoms with E-state index >= 15 is 0 Å². The number of ether oxygens (including phenoxy) is 1. The SMILES string of the molecule is CC(O)C(=O)N1CCN(C(=O)OCc2ccccc2)CC1. The molecule has 0 bridgehead atoms. The van der Waals surface area contributed by atoms with Crippen molar-refractivity contribution in [3.05, 3.63) is 35.9 Å². The van der Waals surface area contributed by atoms with Crippen LogP contribution in [0.1, 0.15) is 12.5 Å². The zero-order chi connectivity index (χ0) is 15.2. The smallest absolute Gasteiger partial charge is 0.410 e. The molecule has 1 aliphatic rings. The molecule has 0 aliphatic carbocycles. The van der Waals surface area contributed by atoms with Gasteiger partial charge in [0.05, 0.1) is 0 Å². The molecule has 114 valence electrons. The van der Waals surface area contributed by atoms with E-state index in [1.165, 1.54) is 6.92 Å². The summed E-state index contributed by atoms with van der Waals surface area (Å²) in [5, 5.41) is 9.26. The zero-order valence-corrected chi connectivity index (χ0v) is 12.1. The number of carbonyl (C=O) groups is 2. The number of carbonyl (C=O) groups excluding carboxylic acids is 2. The van der Waals surface area contributed by atoms with Crippen LogP contribution in [0.15, 0.2) is 30.3 Å². The minimum absolute atomic E-state index is 0.243. The summed E-state index contributed by atoms with van der Waals surface area (Å²) in [4.78, 5) is 26.7. The van der Waals surface area contributed by atoms with Gasteiger partial charge < -0.3 is 19.6 Å². The van der Waals surface area contributed by atoms with Crippen LogP contribution in [0.5, 0.6) is 0 Å². The molecule has 2 amide bonds. The fourth-order valence-corrected chi connectivity index (χ4v) is 2.18. The van der Waals surface area contributed by atoms with Crippen LogP contribution in [0, 0.1) is 0 Å². The maximum absolute atomic E-state index is 11.9. The Balaban J connectivity index is 1.77. The van der Waals surface area contributed by atoms with Crippen LogP contribution in [0.4, 0.5) is 4.79 Å². The highest BCUT2D eigenvalue weighted by Gasteiger charge is 2.26. The molecule has 1 saturated heterocycles. The Morgan fingerprint density at radius 1 is 1.14 bits per heavy atom. The Hall–Kier alpha value is -2.08. The molecule has 6 heteroatoms. The lowest BCUT2D eigenvalue weighted by Gasteiger charge is -2.34. The first-order chi connectivity index (χ1) is 10.1. The molecule has 1 N–H and O–H groups in total. The molecule has 1 atom stereocenters. The van der Waals surface area contributed by atoms with Crippen LogP contribution >= 0.6 is 0 Å². The second kappa shape index (κ2) is 7.08. The van der Waals surface area contributed by atoms with Gasteiger partial charge in [0.1, 0.15) is 12.7 Å². The monoisotopic (exact) mass is 292 g/mol. The summed E-state index contributed by atoms with van der Waals surface area (Å²) in [5.41, 5.74) is 0.939. The summed E-state index contributed by atoms with van der Waals surface area (Å²) in [7, 11) is 0. The number of aliphatic hydroxyl groups is 1. The van der Waals surface area contributed by atoms with Crippen molar-refractivity contribution in [2.45, 2.75) is 19.6 Å². The van der Waals surface area contributed by atoms with Gasteiger partial charge >= 0.3 is 6.09 Å². The fourth-order valence-electron chi connectivity index (χ4n) is 2.18. The molecule has 0 spiro atoms. The molecule has 6 nitrogen and oxygen atoms in total. The molecular formula is C15H20N2O4. The van der Waals surface area contributed by atoms with E-state index < -0.39 is 6.10 Å². The highest BCUT2D eigenvalue weighted by molar-refractivity contribution is 5.80. The van der Waals surface area contributed by atoms with Crippen LogP contribution in [0.3, 0.4) is 0 Å². The summed E-state index contributed by atoms with van der Waals surface area (Å²) in [6, 6.07) is 9.48. The fraction of sp³-hybridized carbons (Fsp3) is 0.467. The molecule has 1 aliphatic heterocycles. The van der Waals surface area contributed by atoms with Crippen molar-refractivity contribution in [1.29, 1.82) is 0 Å². The van der Waals surface area contributed by atoms with Gasteiger partial charge in [-0.2, -0.15) is 0 Å². The van der Waals surface area contributed by atoms with Crippen molar-refractivity contribution in [1.82, 2.24) is 9.80 Å².